The molecule has 2 aliphatic heterocycles. The standard InChI is InChI=1S/C18H34N4O3.HI/c1-5-19-15(22-11-7-18(13-22)8-12-24-14-18)20-9-6-10-21-16(23)25-17(2,3)4;/h5-14H2,1-4H3,(H,19,20)(H,21,23);1H. The smallest absolute Gasteiger partial charge is 0.407 e. The van der Waals surface area contributed by atoms with Gasteiger partial charge in [0.25, 0.3) is 0 Å². The zero-order valence-corrected chi connectivity index (χ0v) is 18.9. The molecule has 1 unspecified atom stereocenters. The molecular weight excluding hydrogens is 447 g/mol. The van der Waals surface area contributed by atoms with Crippen molar-refractivity contribution >= 4 is 36.0 Å². The average Bonchev–Trinajstić information content (AvgIpc) is 3.14. The van der Waals surface area contributed by atoms with Gasteiger partial charge >= 0.3 is 6.09 Å². The van der Waals surface area contributed by atoms with Crippen LogP contribution in [0.2, 0.25) is 0 Å². The lowest BCUT2D eigenvalue weighted by molar-refractivity contribution is 0.0527. The SMILES string of the molecule is CCNC(=NCCCNC(=O)OC(C)(C)C)N1CCC2(CCOC2)C1.I. The van der Waals surface area contributed by atoms with Gasteiger partial charge in [-0.1, -0.05) is 0 Å². The van der Waals surface area contributed by atoms with E-state index < -0.39 is 5.60 Å². The number of nitrogens with zero attached hydrogens (tertiary/aromatic N) is 2. The second-order valence-electron chi connectivity index (χ2n) is 7.99. The van der Waals surface area contributed by atoms with Gasteiger partial charge in [0.1, 0.15) is 5.60 Å². The van der Waals surface area contributed by atoms with E-state index in [0.717, 1.165) is 51.6 Å². The number of likely N-dealkylation sites (tertiary alicyclic amines) is 1. The van der Waals surface area contributed by atoms with Crippen molar-refractivity contribution in [1.29, 1.82) is 0 Å². The summed E-state index contributed by atoms with van der Waals surface area (Å²) in [5, 5.41) is 6.16. The zero-order chi connectivity index (χ0) is 18.3. The average molecular weight is 482 g/mol. The van der Waals surface area contributed by atoms with E-state index in [1.807, 2.05) is 20.8 Å². The fourth-order valence-electron chi connectivity index (χ4n) is 3.28. The second kappa shape index (κ2) is 10.5. The molecule has 0 saturated carbocycles. The van der Waals surface area contributed by atoms with Crippen LogP contribution >= 0.6 is 24.0 Å². The Morgan fingerprint density at radius 3 is 2.69 bits per heavy atom. The molecule has 1 spiro atoms. The van der Waals surface area contributed by atoms with Gasteiger partial charge in [0.2, 0.25) is 0 Å². The Kier molecular flexibility index (Phi) is 9.43. The van der Waals surface area contributed by atoms with Crippen LogP contribution in [0.3, 0.4) is 0 Å². The van der Waals surface area contributed by atoms with Gasteiger partial charge in [-0.2, -0.15) is 0 Å². The van der Waals surface area contributed by atoms with Gasteiger partial charge in [-0.3, -0.25) is 4.99 Å². The van der Waals surface area contributed by atoms with Crippen molar-refractivity contribution < 1.29 is 14.3 Å². The Morgan fingerprint density at radius 1 is 1.31 bits per heavy atom. The van der Waals surface area contributed by atoms with Gasteiger partial charge in [-0.25, -0.2) is 4.79 Å². The number of halogens is 1. The molecule has 2 fully saturated rings. The highest BCUT2D eigenvalue weighted by Gasteiger charge is 2.42. The van der Waals surface area contributed by atoms with Crippen LogP contribution in [0.5, 0.6) is 0 Å². The number of carbonyl (C=O) groups is 1. The van der Waals surface area contributed by atoms with Gasteiger partial charge in [-0.15, -0.1) is 24.0 Å². The lowest BCUT2D eigenvalue weighted by Crippen LogP contribution is -2.41. The Bertz CT molecular complexity index is 474. The van der Waals surface area contributed by atoms with E-state index >= 15 is 0 Å². The maximum atomic E-state index is 11.6. The highest BCUT2D eigenvalue weighted by Crippen LogP contribution is 2.38. The van der Waals surface area contributed by atoms with E-state index in [4.69, 9.17) is 14.5 Å². The zero-order valence-electron chi connectivity index (χ0n) is 16.6. The summed E-state index contributed by atoms with van der Waals surface area (Å²) >= 11 is 0. The van der Waals surface area contributed by atoms with Gasteiger partial charge in [0.05, 0.1) is 6.61 Å². The van der Waals surface area contributed by atoms with Gasteiger partial charge in [-0.05, 0) is 47.0 Å². The number of alkyl carbamates (subject to hydrolysis) is 1. The van der Waals surface area contributed by atoms with Crippen LogP contribution in [0.4, 0.5) is 4.79 Å². The third-order valence-corrected chi connectivity index (χ3v) is 4.52. The third-order valence-electron chi connectivity index (χ3n) is 4.52. The van der Waals surface area contributed by atoms with Gasteiger partial charge < -0.3 is 25.0 Å². The number of guanidine groups is 1. The molecule has 2 aliphatic rings. The number of aliphatic imine (C=N–C) groups is 1. The normalized spacial score (nSPS) is 23.1. The summed E-state index contributed by atoms with van der Waals surface area (Å²) in [6.07, 6.45) is 2.75. The largest absolute Gasteiger partial charge is 0.444 e. The molecule has 1 atom stereocenters. The highest BCUT2D eigenvalue weighted by atomic mass is 127. The number of carbonyl (C=O) groups excluding carboxylic acids is 1. The van der Waals surface area contributed by atoms with Crippen LogP contribution in [0.25, 0.3) is 0 Å². The number of hydrogen-bond acceptors (Lipinski definition) is 4. The Morgan fingerprint density at radius 2 is 2.08 bits per heavy atom. The van der Waals surface area contributed by atoms with E-state index in [0.29, 0.717) is 18.5 Å². The predicted molar refractivity (Wildman–Crippen MR) is 114 cm³/mol. The minimum atomic E-state index is -0.462. The number of ether oxygens (including phenoxy) is 2. The highest BCUT2D eigenvalue weighted by molar-refractivity contribution is 14.0. The predicted octanol–water partition coefficient (Wildman–Crippen LogP) is 2.60. The van der Waals surface area contributed by atoms with E-state index in [1.165, 1.54) is 6.42 Å². The minimum Gasteiger partial charge on any atom is -0.444 e. The molecule has 0 bridgehead atoms. The quantitative estimate of drug-likeness (QED) is 0.273. The summed E-state index contributed by atoms with van der Waals surface area (Å²) in [6.45, 7) is 13.6. The van der Waals surface area contributed by atoms with Crippen LogP contribution in [-0.2, 0) is 9.47 Å². The summed E-state index contributed by atoms with van der Waals surface area (Å²) in [5.74, 6) is 0.976. The van der Waals surface area contributed by atoms with Crippen molar-refractivity contribution in [2.24, 2.45) is 10.4 Å². The molecule has 2 heterocycles. The molecule has 8 heteroatoms. The van der Waals surface area contributed by atoms with Gasteiger partial charge in [0, 0.05) is 44.7 Å². The van der Waals surface area contributed by atoms with Crippen molar-refractivity contribution in [1.82, 2.24) is 15.5 Å². The van der Waals surface area contributed by atoms with Crippen molar-refractivity contribution in [2.45, 2.75) is 52.6 Å². The first-order chi connectivity index (χ1) is 11.8. The summed E-state index contributed by atoms with van der Waals surface area (Å²) in [5.41, 5.74) is -0.134. The molecule has 7 nitrogen and oxygen atoms in total. The van der Waals surface area contributed by atoms with Crippen molar-refractivity contribution in [3.8, 4) is 0 Å². The maximum Gasteiger partial charge on any atom is 0.407 e. The molecule has 0 radical (unpaired) electrons. The number of amides is 1. The molecule has 1 amide bonds. The van der Waals surface area contributed by atoms with Crippen LogP contribution in [0.15, 0.2) is 4.99 Å². The number of nitrogens with one attached hydrogen (secondary N) is 2. The van der Waals surface area contributed by atoms with Crippen LogP contribution in [-0.4, -0.2) is 68.5 Å². The Hall–Kier alpha value is -0.770. The summed E-state index contributed by atoms with van der Waals surface area (Å²) < 4.78 is 10.8. The van der Waals surface area contributed by atoms with Crippen LogP contribution < -0.4 is 10.6 Å². The first-order valence-electron chi connectivity index (χ1n) is 9.41. The Balaban J connectivity index is 0.00000338. The van der Waals surface area contributed by atoms with E-state index in [1.54, 1.807) is 0 Å². The number of rotatable bonds is 5. The first kappa shape index (κ1) is 23.3. The van der Waals surface area contributed by atoms with E-state index in [9.17, 15) is 4.79 Å². The van der Waals surface area contributed by atoms with Crippen molar-refractivity contribution in [2.75, 3.05) is 45.9 Å². The van der Waals surface area contributed by atoms with E-state index in [2.05, 4.69) is 22.5 Å². The molecule has 0 aromatic carbocycles. The molecule has 2 N–H and O–H groups in total. The molecule has 152 valence electrons. The third kappa shape index (κ3) is 7.46. The van der Waals surface area contributed by atoms with Crippen LogP contribution in [0, 0.1) is 5.41 Å². The van der Waals surface area contributed by atoms with Gasteiger partial charge in [0.15, 0.2) is 5.96 Å². The lowest BCUT2D eigenvalue weighted by Gasteiger charge is -2.25. The molecule has 0 aliphatic carbocycles. The first-order valence-corrected chi connectivity index (χ1v) is 9.41. The van der Waals surface area contributed by atoms with Crippen molar-refractivity contribution in [3.63, 3.8) is 0 Å². The molecule has 0 aromatic heterocycles. The second-order valence-corrected chi connectivity index (χ2v) is 7.99. The summed E-state index contributed by atoms with van der Waals surface area (Å²) in [4.78, 5) is 18.7. The molecule has 0 aromatic rings. The fourth-order valence-corrected chi connectivity index (χ4v) is 3.28. The molecule has 2 saturated heterocycles. The maximum absolute atomic E-state index is 11.6. The number of hydrogen-bond donors (Lipinski definition) is 2. The summed E-state index contributed by atoms with van der Waals surface area (Å²) in [6, 6.07) is 0. The monoisotopic (exact) mass is 482 g/mol. The van der Waals surface area contributed by atoms with E-state index in [-0.39, 0.29) is 30.1 Å². The summed E-state index contributed by atoms with van der Waals surface area (Å²) in [7, 11) is 0. The van der Waals surface area contributed by atoms with Crippen molar-refractivity contribution in [3.05, 3.63) is 0 Å². The Labute approximate surface area is 174 Å². The van der Waals surface area contributed by atoms with Crippen LogP contribution in [0.1, 0.15) is 47.0 Å². The minimum absolute atomic E-state index is 0. The molecular formula is C18H35IN4O3. The fraction of sp³-hybridized carbons (Fsp3) is 0.889. The molecule has 26 heavy (non-hydrogen) atoms. The topological polar surface area (TPSA) is 75.2 Å². The molecule has 2 rings (SSSR count). The lowest BCUT2D eigenvalue weighted by atomic mass is 9.87.